The number of nitrogens with two attached hydrogens (primary N) is 1. The molecule has 0 aliphatic rings. The Bertz CT molecular complexity index is 1320. The van der Waals surface area contributed by atoms with E-state index in [1.807, 2.05) is 6.07 Å². The smallest absolute Gasteiger partial charge is 0.407 e. The Morgan fingerprint density at radius 1 is 1.03 bits per heavy atom. The van der Waals surface area contributed by atoms with E-state index in [1.54, 1.807) is 67.1 Å². The quantitative estimate of drug-likeness (QED) is 0.326. The SMILES string of the molecule is Nc1cn(-c2cc(Cl)cc(Cl)c2)nc1NC(=O)c1ccc(CNC(=O)OCc2cccnc2)cc1. The molecule has 0 unspecified atom stereocenters. The van der Waals surface area contributed by atoms with Crippen LogP contribution in [0.15, 0.2) is 73.2 Å². The van der Waals surface area contributed by atoms with Gasteiger partial charge in [0.1, 0.15) is 6.61 Å². The maximum absolute atomic E-state index is 12.7. The van der Waals surface area contributed by atoms with Gasteiger partial charge in [0.2, 0.25) is 0 Å². The molecule has 4 rings (SSSR count). The molecule has 0 saturated carbocycles. The lowest BCUT2D eigenvalue weighted by molar-refractivity contribution is 0.102. The first-order valence-corrected chi connectivity index (χ1v) is 11.1. The predicted molar refractivity (Wildman–Crippen MR) is 134 cm³/mol. The summed E-state index contributed by atoms with van der Waals surface area (Å²) in [5, 5.41) is 10.6. The highest BCUT2D eigenvalue weighted by molar-refractivity contribution is 6.34. The molecule has 9 nitrogen and oxygen atoms in total. The molecule has 4 aromatic rings. The molecule has 0 atom stereocenters. The summed E-state index contributed by atoms with van der Waals surface area (Å²) < 4.78 is 6.62. The van der Waals surface area contributed by atoms with Crippen molar-refractivity contribution in [3.63, 3.8) is 0 Å². The summed E-state index contributed by atoms with van der Waals surface area (Å²) in [6, 6.07) is 15.3. The van der Waals surface area contributed by atoms with E-state index in [-0.39, 0.29) is 30.6 Å². The third-order valence-electron chi connectivity index (χ3n) is 4.83. The number of nitrogen functional groups attached to an aromatic ring is 1. The second kappa shape index (κ2) is 10.9. The van der Waals surface area contributed by atoms with E-state index in [9.17, 15) is 9.59 Å². The van der Waals surface area contributed by atoms with Crippen LogP contribution in [0.25, 0.3) is 5.69 Å². The fraction of sp³-hybridized carbons (Fsp3) is 0.0833. The Hall–Kier alpha value is -4.08. The topological polar surface area (TPSA) is 124 Å². The number of rotatable bonds is 7. The van der Waals surface area contributed by atoms with Crippen LogP contribution in [0.4, 0.5) is 16.3 Å². The number of nitrogens with one attached hydrogen (secondary N) is 2. The first-order chi connectivity index (χ1) is 16.9. The molecule has 0 fully saturated rings. The van der Waals surface area contributed by atoms with E-state index in [4.69, 9.17) is 33.7 Å². The summed E-state index contributed by atoms with van der Waals surface area (Å²) in [7, 11) is 0. The molecule has 0 bridgehead atoms. The molecule has 0 aliphatic carbocycles. The third kappa shape index (κ3) is 6.50. The number of aromatic nitrogens is 3. The number of benzene rings is 2. The molecule has 4 N–H and O–H groups in total. The largest absolute Gasteiger partial charge is 0.445 e. The van der Waals surface area contributed by atoms with Crippen molar-refractivity contribution in [2.75, 3.05) is 11.1 Å². The van der Waals surface area contributed by atoms with Crippen molar-refractivity contribution in [1.29, 1.82) is 0 Å². The average Bonchev–Trinajstić information content (AvgIpc) is 3.22. The Balaban J connectivity index is 1.32. The van der Waals surface area contributed by atoms with Crippen LogP contribution in [-0.4, -0.2) is 26.8 Å². The molecule has 2 aromatic carbocycles. The number of nitrogens with zero attached hydrogens (tertiary/aromatic N) is 3. The zero-order chi connectivity index (χ0) is 24.8. The molecule has 35 heavy (non-hydrogen) atoms. The number of hydrogen-bond donors (Lipinski definition) is 3. The van der Waals surface area contributed by atoms with E-state index >= 15 is 0 Å². The van der Waals surface area contributed by atoms with Gasteiger partial charge in [0.05, 0.1) is 17.6 Å². The van der Waals surface area contributed by atoms with Gasteiger partial charge in [0.15, 0.2) is 5.82 Å². The standard InChI is InChI=1S/C24H20Cl2N6O3/c25-18-8-19(26)10-20(9-18)32-13-21(27)22(31-32)30-23(33)17-5-3-15(4-6-17)12-29-24(34)35-14-16-2-1-7-28-11-16/h1-11,13H,12,14,27H2,(H,29,34)(H,30,31,33). The number of halogens is 2. The number of pyridine rings is 1. The van der Waals surface area contributed by atoms with Gasteiger partial charge < -0.3 is 21.1 Å². The zero-order valence-corrected chi connectivity index (χ0v) is 19.8. The second-order valence-corrected chi connectivity index (χ2v) is 8.32. The summed E-state index contributed by atoms with van der Waals surface area (Å²) >= 11 is 12.1. The molecule has 11 heteroatoms. The van der Waals surface area contributed by atoms with Gasteiger partial charge in [-0.3, -0.25) is 9.78 Å². The summed E-state index contributed by atoms with van der Waals surface area (Å²) in [5.74, 6) is -0.185. The van der Waals surface area contributed by atoms with E-state index in [2.05, 4.69) is 20.7 Å². The van der Waals surface area contributed by atoms with Gasteiger partial charge in [-0.15, -0.1) is 5.10 Å². The van der Waals surface area contributed by atoms with Crippen molar-refractivity contribution in [3.05, 3.63) is 99.9 Å². The molecule has 178 valence electrons. The average molecular weight is 511 g/mol. The minimum absolute atomic E-state index is 0.127. The second-order valence-electron chi connectivity index (χ2n) is 7.45. The van der Waals surface area contributed by atoms with Gasteiger partial charge in [0.25, 0.3) is 5.91 Å². The van der Waals surface area contributed by atoms with E-state index in [0.717, 1.165) is 11.1 Å². The monoisotopic (exact) mass is 510 g/mol. The molecule has 0 saturated heterocycles. The lowest BCUT2D eigenvalue weighted by Crippen LogP contribution is -2.23. The number of carbonyl (C=O) groups excluding carboxylic acids is 2. The molecule has 2 aromatic heterocycles. The van der Waals surface area contributed by atoms with Gasteiger partial charge >= 0.3 is 6.09 Å². The van der Waals surface area contributed by atoms with Crippen molar-refractivity contribution < 1.29 is 14.3 Å². The maximum Gasteiger partial charge on any atom is 0.407 e. The van der Waals surface area contributed by atoms with Crippen molar-refractivity contribution in [3.8, 4) is 5.69 Å². The van der Waals surface area contributed by atoms with Gasteiger partial charge in [-0.25, -0.2) is 9.48 Å². The van der Waals surface area contributed by atoms with Crippen LogP contribution in [0.2, 0.25) is 10.0 Å². The fourth-order valence-electron chi connectivity index (χ4n) is 3.10. The van der Waals surface area contributed by atoms with Crippen LogP contribution in [0.5, 0.6) is 0 Å². The third-order valence-corrected chi connectivity index (χ3v) is 5.27. The summed E-state index contributed by atoms with van der Waals surface area (Å²) in [5.41, 5.74) is 8.88. The number of hydrogen-bond acceptors (Lipinski definition) is 6. The minimum Gasteiger partial charge on any atom is -0.445 e. The summed E-state index contributed by atoms with van der Waals surface area (Å²) in [6.07, 6.45) is 4.27. The lowest BCUT2D eigenvalue weighted by Gasteiger charge is -2.08. The van der Waals surface area contributed by atoms with Crippen LogP contribution in [0.1, 0.15) is 21.5 Å². The highest BCUT2D eigenvalue weighted by Gasteiger charge is 2.13. The predicted octanol–water partition coefficient (Wildman–Crippen LogP) is 4.84. The fourth-order valence-corrected chi connectivity index (χ4v) is 3.61. The number of alkyl carbamates (subject to hydrolysis) is 1. The van der Waals surface area contributed by atoms with Crippen LogP contribution in [0.3, 0.4) is 0 Å². The number of carbonyl (C=O) groups is 2. The molecule has 2 heterocycles. The van der Waals surface area contributed by atoms with Gasteiger partial charge in [-0.05, 0) is 42.0 Å². The maximum atomic E-state index is 12.7. The summed E-state index contributed by atoms with van der Waals surface area (Å²) in [4.78, 5) is 28.5. The molecule has 0 radical (unpaired) electrons. The molecule has 0 spiro atoms. The Labute approximate surface area is 210 Å². The summed E-state index contributed by atoms with van der Waals surface area (Å²) in [6.45, 7) is 0.370. The highest BCUT2D eigenvalue weighted by Crippen LogP contribution is 2.24. The Kier molecular flexibility index (Phi) is 7.49. The Morgan fingerprint density at radius 3 is 2.46 bits per heavy atom. The van der Waals surface area contributed by atoms with E-state index < -0.39 is 6.09 Å². The number of anilines is 2. The first kappa shape index (κ1) is 24.1. The van der Waals surface area contributed by atoms with Gasteiger partial charge in [0, 0.05) is 40.1 Å². The van der Waals surface area contributed by atoms with E-state index in [1.165, 1.54) is 4.68 Å². The van der Waals surface area contributed by atoms with Crippen LogP contribution in [0, 0.1) is 0 Å². The van der Waals surface area contributed by atoms with E-state index in [0.29, 0.717) is 21.3 Å². The van der Waals surface area contributed by atoms with Crippen LogP contribution in [-0.2, 0) is 17.9 Å². The minimum atomic E-state index is -0.553. The van der Waals surface area contributed by atoms with Gasteiger partial charge in [-0.1, -0.05) is 41.4 Å². The molecular weight excluding hydrogens is 491 g/mol. The van der Waals surface area contributed by atoms with Crippen molar-refractivity contribution in [2.45, 2.75) is 13.2 Å². The lowest BCUT2D eigenvalue weighted by atomic mass is 10.1. The Morgan fingerprint density at radius 2 is 1.77 bits per heavy atom. The molecule has 2 amide bonds. The van der Waals surface area contributed by atoms with Crippen molar-refractivity contribution >= 4 is 46.7 Å². The highest BCUT2D eigenvalue weighted by atomic mass is 35.5. The van der Waals surface area contributed by atoms with Gasteiger partial charge in [-0.2, -0.15) is 0 Å². The molecule has 0 aliphatic heterocycles. The first-order valence-electron chi connectivity index (χ1n) is 10.4. The van der Waals surface area contributed by atoms with Crippen LogP contribution < -0.4 is 16.4 Å². The molecular formula is C24H20Cl2N6O3. The normalized spacial score (nSPS) is 10.6. The van der Waals surface area contributed by atoms with Crippen molar-refractivity contribution in [2.24, 2.45) is 0 Å². The number of ether oxygens (including phenoxy) is 1. The van der Waals surface area contributed by atoms with Crippen LogP contribution >= 0.6 is 23.2 Å². The number of amides is 2. The zero-order valence-electron chi connectivity index (χ0n) is 18.2. The van der Waals surface area contributed by atoms with Crippen molar-refractivity contribution in [1.82, 2.24) is 20.1 Å².